The van der Waals surface area contributed by atoms with E-state index in [1.165, 1.54) is 5.56 Å². The maximum absolute atomic E-state index is 9.07. The van der Waals surface area contributed by atoms with Gasteiger partial charge in [-0.3, -0.25) is 0 Å². The largest absolute Gasteiger partial charge is 0.390 e. The van der Waals surface area contributed by atoms with Gasteiger partial charge >= 0.3 is 0 Å². The summed E-state index contributed by atoms with van der Waals surface area (Å²) < 4.78 is 0. The lowest BCUT2D eigenvalue weighted by Gasteiger charge is -2.03. The van der Waals surface area contributed by atoms with Crippen LogP contribution in [-0.4, -0.2) is 15.1 Å². The van der Waals surface area contributed by atoms with Crippen LogP contribution >= 0.6 is 11.3 Å². The van der Waals surface area contributed by atoms with Crippen molar-refractivity contribution in [1.29, 1.82) is 0 Å². The summed E-state index contributed by atoms with van der Waals surface area (Å²) in [5.74, 6) is 0.706. The van der Waals surface area contributed by atoms with E-state index in [9.17, 15) is 0 Å². The van der Waals surface area contributed by atoms with Crippen molar-refractivity contribution >= 4 is 11.3 Å². The summed E-state index contributed by atoms with van der Waals surface area (Å²) in [6.45, 7) is 3.90. The van der Waals surface area contributed by atoms with Gasteiger partial charge in [-0.2, -0.15) is 11.3 Å². The molecule has 0 saturated heterocycles. The molecule has 0 aliphatic carbocycles. The highest BCUT2D eigenvalue weighted by Crippen LogP contribution is 2.24. The number of aromatic nitrogens is 2. The van der Waals surface area contributed by atoms with Crippen LogP contribution in [0.3, 0.4) is 0 Å². The second kappa shape index (κ2) is 4.08. The van der Waals surface area contributed by atoms with Crippen molar-refractivity contribution < 1.29 is 5.11 Å². The van der Waals surface area contributed by atoms with E-state index in [1.54, 1.807) is 17.4 Å². The molecular weight excluding hydrogens is 208 g/mol. The fourth-order valence-electron chi connectivity index (χ4n) is 1.42. The van der Waals surface area contributed by atoms with Crippen LogP contribution in [-0.2, 0) is 6.61 Å². The van der Waals surface area contributed by atoms with E-state index in [-0.39, 0.29) is 6.61 Å². The number of hydrogen-bond donors (Lipinski definition) is 1. The molecular formula is C11H12N2OS. The first kappa shape index (κ1) is 10.3. The summed E-state index contributed by atoms with van der Waals surface area (Å²) in [4.78, 5) is 8.67. The summed E-state index contributed by atoms with van der Waals surface area (Å²) in [5, 5.41) is 13.2. The van der Waals surface area contributed by atoms with E-state index >= 15 is 0 Å². The number of aryl methyl sites for hydroxylation is 2. The van der Waals surface area contributed by atoms with E-state index in [1.807, 2.05) is 19.2 Å². The fraction of sp³-hybridized carbons (Fsp3) is 0.273. The number of hydrogen-bond acceptors (Lipinski definition) is 4. The van der Waals surface area contributed by atoms with Crippen molar-refractivity contribution in [2.75, 3.05) is 0 Å². The molecule has 1 N–H and O–H groups in total. The Labute approximate surface area is 92.5 Å². The smallest absolute Gasteiger partial charge is 0.160 e. The predicted molar refractivity (Wildman–Crippen MR) is 60.7 cm³/mol. The quantitative estimate of drug-likeness (QED) is 0.844. The summed E-state index contributed by atoms with van der Waals surface area (Å²) >= 11 is 1.64. The van der Waals surface area contributed by atoms with Crippen LogP contribution in [0.5, 0.6) is 0 Å². The lowest BCUT2D eigenvalue weighted by atomic mass is 10.2. The van der Waals surface area contributed by atoms with Crippen LogP contribution in [0, 0.1) is 13.8 Å². The second-order valence-corrected chi connectivity index (χ2v) is 4.19. The average molecular weight is 220 g/mol. The molecule has 0 aromatic carbocycles. The van der Waals surface area contributed by atoms with Gasteiger partial charge < -0.3 is 5.11 Å². The number of nitrogens with zero attached hydrogens (tertiary/aromatic N) is 2. The topological polar surface area (TPSA) is 46.0 Å². The number of rotatable bonds is 2. The molecule has 0 aliphatic rings. The molecule has 0 fully saturated rings. The van der Waals surface area contributed by atoms with Crippen LogP contribution < -0.4 is 0 Å². The first-order valence-electron chi connectivity index (χ1n) is 4.69. The molecule has 0 atom stereocenters. The van der Waals surface area contributed by atoms with E-state index in [2.05, 4.69) is 15.3 Å². The molecule has 2 rings (SSSR count). The van der Waals surface area contributed by atoms with Crippen molar-refractivity contribution in [3.05, 3.63) is 33.8 Å². The van der Waals surface area contributed by atoms with Crippen molar-refractivity contribution in [2.24, 2.45) is 0 Å². The number of aliphatic hydroxyl groups excluding tert-OH is 1. The first-order chi connectivity index (χ1) is 7.20. The summed E-state index contributed by atoms with van der Waals surface area (Å²) in [6.07, 6.45) is 0. The lowest BCUT2D eigenvalue weighted by molar-refractivity contribution is 0.276. The molecule has 3 nitrogen and oxygen atoms in total. The molecule has 0 saturated carbocycles. The van der Waals surface area contributed by atoms with Gasteiger partial charge in [0.25, 0.3) is 0 Å². The molecule has 0 aliphatic heterocycles. The van der Waals surface area contributed by atoms with Gasteiger partial charge in [0.15, 0.2) is 5.82 Å². The Morgan fingerprint density at radius 3 is 2.67 bits per heavy atom. The van der Waals surface area contributed by atoms with Crippen molar-refractivity contribution in [3.63, 3.8) is 0 Å². The van der Waals surface area contributed by atoms with Gasteiger partial charge in [-0.15, -0.1) is 0 Å². The molecule has 78 valence electrons. The summed E-state index contributed by atoms with van der Waals surface area (Å²) in [6, 6.07) is 1.80. The van der Waals surface area contributed by atoms with Crippen molar-refractivity contribution in [3.8, 4) is 11.4 Å². The Morgan fingerprint density at radius 2 is 2.07 bits per heavy atom. The van der Waals surface area contributed by atoms with Gasteiger partial charge in [-0.05, 0) is 30.9 Å². The zero-order valence-corrected chi connectivity index (χ0v) is 9.51. The average Bonchev–Trinajstić information content (AvgIpc) is 2.63. The normalized spacial score (nSPS) is 10.6. The summed E-state index contributed by atoms with van der Waals surface area (Å²) in [5.41, 5.74) is 3.78. The highest BCUT2D eigenvalue weighted by atomic mass is 32.1. The summed E-state index contributed by atoms with van der Waals surface area (Å²) in [7, 11) is 0. The van der Waals surface area contributed by atoms with Crippen LogP contribution in [0.15, 0.2) is 16.8 Å². The van der Waals surface area contributed by atoms with Gasteiger partial charge in [-0.1, -0.05) is 0 Å². The molecule has 2 aromatic heterocycles. The van der Waals surface area contributed by atoms with Gasteiger partial charge in [0.05, 0.1) is 12.3 Å². The Balaban J connectivity index is 2.53. The van der Waals surface area contributed by atoms with E-state index in [0.717, 1.165) is 11.3 Å². The lowest BCUT2D eigenvalue weighted by Crippen LogP contribution is -1.97. The van der Waals surface area contributed by atoms with Crippen molar-refractivity contribution in [2.45, 2.75) is 20.5 Å². The maximum atomic E-state index is 9.07. The van der Waals surface area contributed by atoms with E-state index in [0.29, 0.717) is 11.5 Å². The third-order valence-corrected chi connectivity index (χ3v) is 3.03. The Morgan fingerprint density at radius 1 is 1.27 bits per heavy atom. The molecule has 0 unspecified atom stereocenters. The van der Waals surface area contributed by atoms with Gasteiger partial charge in [-0.25, -0.2) is 9.97 Å². The van der Waals surface area contributed by atoms with Gasteiger partial charge in [0.1, 0.15) is 0 Å². The van der Waals surface area contributed by atoms with Crippen LogP contribution in [0.2, 0.25) is 0 Å². The van der Waals surface area contributed by atoms with E-state index in [4.69, 9.17) is 5.11 Å². The molecule has 0 radical (unpaired) electrons. The standard InChI is InChI=1S/C11H12N2OS/c1-7-5-15-6-10(7)11-12-8(2)3-9(4-14)13-11/h3,5-6,14H,4H2,1-2H3. The third kappa shape index (κ3) is 2.06. The SMILES string of the molecule is Cc1cc(CO)nc(-c2cscc2C)n1. The third-order valence-electron chi connectivity index (χ3n) is 2.17. The molecule has 15 heavy (non-hydrogen) atoms. The minimum absolute atomic E-state index is 0.0421. The Bertz CT molecular complexity index is 479. The molecule has 4 heteroatoms. The number of aliphatic hydroxyl groups is 1. The monoisotopic (exact) mass is 220 g/mol. The van der Waals surface area contributed by atoms with Gasteiger partial charge in [0, 0.05) is 16.6 Å². The second-order valence-electron chi connectivity index (χ2n) is 3.45. The van der Waals surface area contributed by atoms with Crippen LogP contribution in [0.4, 0.5) is 0 Å². The molecule has 0 amide bonds. The Hall–Kier alpha value is -1.26. The highest BCUT2D eigenvalue weighted by Gasteiger charge is 2.07. The maximum Gasteiger partial charge on any atom is 0.160 e. The minimum atomic E-state index is -0.0421. The molecule has 0 bridgehead atoms. The van der Waals surface area contributed by atoms with Gasteiger partial charge in [0.2, 0.25) is 0 Å². The number of thiophene rings is 1. The van der Waals surface area contributed by atoms with E-state index < -0.39 is 0 Å². The zero-order chi connectivity index (χ0) is 10.8. The first-order valence-corrected chi connectivity index (χ1v) is 5.63. The molecule has 2 aromatic rings. The minimum Gasteiger partial charge on any atom is -0.390 e. The highest BCUT2D eigenvalue weighted by molar-refractivity contribution is 7.08. The molecule has 0 spiro atoms. The predicted octanol–water partition coefficient (Wildman–Crippen LogP) is 2.31. The van der Waals surface area contributed by atoms with Crippen molar-refractivity contribution in [1.82, 2.24) is 9.97 Å². The Kier molecular flexibility index (Phi) is 2.79. The van der Waals surface area contributed by atoms with Crippen LogP contribution in [0.1, 0.15) is 17.0 Å². The fourth-order valence-corrected chi connectivity index (χ4v) is 2.25. The molecule has 2 heterocycles. The zero-order valence-electron chi connectivity index (χ0n) is 8.69. The van der Waals surface area contributed by atoms with Crippen LogP contribution in [0.25, 0.3) is 11.4 Å².